The van der Waals surface area contributed by atoms with Gasteiger partial charge in [0.15, 0.2) is 11.5 Å². The number of aromatic nitrogens is 1. The molecule has 9 heteroatoms. The molecule has 1 aromatic heterocycles. The highest BCUT2D eigenvalue weighted by molar-refractivity contribution is 5.73. The molecular formula is C19H21N3O6. The molecule has 1 atom stereocenters. The highest BCUT2D eigenvalue weighted by atomic mass is 16.6. The summed E-state index contributed by atoms with van der Waals surface area (Å²) in [5, 5.41) is 11.5. The van der Waals surface area contributed by atoms with Crippen molar-refractivity contribution in [2.45, 2.75) is 18.9 Å². The average Bonchev–Trinajstić information content (AvgIpc) is 2.72. The number of anilines is 1. The minimum absolute atomic E-state index is 0.0205. The number of nitro groups is 1. The van der Waals surface area contributed by atoms with Crippen molar-refractivity contribution >= 4 is 17.5 Å². The Morgan fingerprint density at radius 2 is 2.00 bits per heavy atom. The van der Waals surface area contributed by atoms with Crippen molar-refractivity contribution < 1.29 is 23.9 Å². The van der Waals surface area contributed by atoms with Crippen LogP contribution < -0.4 is 14.4 Å². The van der Waals surface area contributed by atoms with Crippen molar-refractivity contribution in [2.24, 2.45) is 0 Å². The summed E-state index contributed by atoms with van der Waals surface area (Å²) in [6.45, 7) is 0.460. The number of rotatable bonds is 6. The molecule has 0 fully saturated rings. The molecule has 0 aliphatic carbocycles. The van der Waals surface area contributed by atoms with Crippen LogP contribution in [0.5, 0.6) is 11.5 Å². The quantitative estimate of drug-likeness (QED) is 0.423. The predicted molar refractivity (Wildman–Crippen MR) is 101 cm³/mol. The zero-order valence-corrected chi connectivity index (χ0v) is 15.9. The van der Waals surface area contributed by atoms with Crippen LogP contribution in [-0.4, -0.2) is 43.8 Å². The van der Waals surface area contributed by atoms with Crippen molar-refractivity contribution in [3.8, 4) is 11.5 Å². The minimum atomic E-state index is -0.482. The fraction of sp³-hybridized carbons (Fsp3) is 0.368. The molecule has 1 aromatic carbocycles. The van der Waals surface area contributed by atoms with Crippen LogP contribution in [0.2, 0.25) is 0 Å². The molecule has 1 aliphatic rings. The van der Waals surface area contributed by atoms with Crippen LogP contribution >= 0.6 is 0 Å². The summed E-state index contributed by atoms with van der Waals surface area (Å²) < 4.78 is 15.6. The molecule has 2 heterocycles. The number of esters is 1. The molecular weight excluding hydrogens is 366 g/mol. The number of pyridine rings is 1. The van der Waals surface area contributed by atoms with E-state index in [4.69, 9.17) is 14.2 Å². The van der Waals surface area contributed by atoms with Gasteiger partial charge in [0.2, 0.25) is 5.82 Å². The standard InChI is InChI=1S/C19H21N3O6/c1-26-16-9-12-6-8-21(19-14(22(24)25)5-4-7-20-19)15(11-18(23)28-3)13(12)10-17(16)27-2/h4-5,7,9-10,15H,6,8,11H2,1-3H3/t15-/m1/s1. The molecule has 28 heavy (non-hydrogen) atoms. The van der Waals surface area contributed by atoms with Gasteiger partial charge in [-0.3, -0.25) is 14.9 Å². The van der Waals surface area contributed by atoms with Gasteiger partial charge in [-0.2, -0.15) is 0 Å². The van der Waals surface area contributed by atoms with Crippen LogP contribution in [0.1, 0.15) is 23.6 Å². The maximum absolute atomic E-state index is 12.1. The van der Waals surface area contributed by atoms with Gasteiger partial charge in [0, 0.05) is 18.8 Å². The number of hydrogen-bond donors (Lipinski definition) is 0. The van der Waals surface area contributed by atoms with Gasteiger partial charge in [0.1, 0.15) is 0 Å². The lowest BCUT2D eigenvalue weighted by Crippen LogP contribution is -2.38. The zero-order chi connectivity index (χ0) is 20.3. The summed E-state index contributed by atoms with van der Waals surface area (Å²) in [6, 6.07) is 6.13. The SMILES string of the molecule is COC(=O)C[C@@H]1c2cc(OC)c(OC)cc2CCN1c1ncccc1[N+](=O)[O-]. The second kappa shape index (κ2) is 8.12. The van der Waals surface area contributed by atoms with Gasteiger partial charge in [-0.1, -0.05) is 0 Å². The van der Waals surface area contributed by atoms with Crippen LogP contribution in [0.15, 0.2) is 30.5 Å². The molecule has 0 spiro atoms. The fourth-order valence-corrected chi connectivity index (χ4v) is 3.50. The Kier molecular flexibility index (Phi) is 5.62. The molecule has 0 unspecified atom stereocenters. The van der Waals surface area contributed by atoms with E-state index < -0.39 is 16.9 Å². The van der Waals surface area contributed by atoms with Crippen LogP contribution in [0.4, 0.5) is 11.5 Å². The van der Waals surface area contributed by atoms with E-state index in [-0.39, 0.29) is 17.9 Å². The highest BCUT2D eigenvalue weighted by Crippen LogP contribution is 2.42. The molecule has 3 rings (SSSR count). The highest BCUT2D eigenvalue weighted by Gasteiger charge is 2.35. The van der Waals surface area contributed by atoms with E-state index in [1.807, 2.05) is 12.1 Å². The van der Waals surface area contributed by atoms with Crippen LogP contribution in [0, 0.1) is 10.1 Å². The molecule has 0 amide bonds. The lowest BCUT2D eigenvalue weighted by atomic mass is 9.90. The minimum Gasteiger partial charge on any atom is -0.493 e. The van der Waals surface area contributed by atoms with Crippen molar-refractivity contribution in [3.63, 3.8) is 0 Å². The second-order valence-corrected chi connectivity index (χ2v) is 6.25. The number of nitrogens with zero attached hydrogens (tertiary/aromatic N) is 3. The Morgan fingerprint density at radius 1 is 1.29 bits per heavy atom. The van der Waals surface area contributed by atoms with E-state index in [2.05, 4.69) is 4.98 Å². The number of carbonyl (C=O) groups excluding carboxylic acids is 1. The molecule has 1 aliphatic heterocycles. The first-order valence-electron chi connectivity index (χ1n) is 8.67. The van der Waals surface area contributed by atoms with E-state index in [1.54, 1.807) is 12.0 Å². The zero-order valence-electron chi connectivity index (χ0n) is 15.9. The number of benzene rings is 1. The van der Waals surface area contributed by atoms with Gasteiger partial charge in [0.25, 0.3) is 0 Å². The summed E-state index contributed by atoms with van der Waals surface area (Å²) in [6.07, 6.45) is 2.13. The van der Waals surface area contributed by atoms with Crippen LogP contribution in [0.25, 0.3) is 0 Å². The number of fused-ring (bicyclic) bond motifs is 1. The molecule has 2 aromatic rings. The normalized spacial score (nSPS) is 15.5. The van der Waals surface area contributed by atoms with Gasteiger partial charge in [-0.15, -0.1) is 0 Å². The fourth-order valence-electron chi connectivity index (χ4n) is 3.50. The van der Waals surface area contributed by atoms with E-state index in [9.17, 15) is 14.9 Å². The van der Waals surface area contributed by atoms with Gasteiger partial charge in [-0.25, -0.2) is 4.98 Å². The molecule has 0 saturated heterocycles. The lowest BCUT2D eigenvalue weighted by Gasteiger charge is -2.37. The molecule has 0 N–H and O–H groups in total. The number of hydrogen-bond acceptors (Lipinski definition) is 8. The number of carbonyl (C=O) groups is 1. The van der Waals surface area contributed by atoms with Crippen LogP contribution in [0.3, 0.4) is 0 Å². The predicted octanol–water partition coefficient (Wildman–Crippen LogP) is 2.67. The second-order valence-electron chi connectivity index (χ2n) is 6.25. The first-order valence-corrected chi connectivity index (χ1v) is 8.67. The molecule has 0 bridgehead atoms. The maximum Gasteiger partial charge on any atom is 0.311 e. The third-order valence-corrected chi connectivity index (χ3v) is 4.83. The van der Waals surface area contributed by atoms with Gasteiger partial charge >= 0.3 is 11.7 Å². The number of methoxy groups -OCH3 is 3. The summed E-state index contributed by atoms with van der Waals surface area (Å²) in [7, 11) is 4.40. The largest absolute Gasteiger partial charge is 0.493 e. The Bertz CT molecular complexity index is 901. The first kappa shape index (κ1) is 19.4. The monoisotopic (exact) mass is 387 g/mol. The summed E-state index contributed by atoms with van der Waals surface area (Å²) >= 11 is 0. The first-order chi connectivity index (χ1) is 13.5. The van der Waals surface area contributed by atoms with Crippen molar-refractivity contribution in [1.29, 1.82) is 0 Å². The van der Waals surface area contributed by atoms with E-state index in [1.165, 1.54) is 32.5 Å². The summed E-state index contributed by atoms with van der Waals surface area (Å²) in [4.78, 5) is 29.1. The van der Waals surface area contributed by atoms with Gasteiger partial charge in [-0.05, 0) is 35.7 Å². The average molecular weight is 387 g/mol. The Labute approximate surface area is 162 Å². The third kappa shape index (κ3) is 3.55. The van der Waals surface area contributed by atoms with E-state index >= 15 is 0 Å². The summed E-state index contributed by atoms with van der Waals surface area (Å²) in [5.41, 5.74) is 1.71. The van der Waals surface area contributed by atoms with Crippen molar-refractivity contribution in [1.82, 2.24) is 4.98 Å². The van der Waals surface area contributed by atoms with Crippen molar-refractivity contribution in [3.05, 3.63) is 51.7 Å². The summed E-state index contributed by atoms with van der Waals surface area (Å²) in [5.74, 6) is 0.918. The van der Waals surface area contributed by atoms with Crippen LogP contribution in [-0.2, 0) is 16.0 Å². The topological polar surface area (TPSA) is 104 Å². The van der Waals surface area contributed by atoms with E-state index in [0.29, 0.717) is 24.5 Å². The van der Waals surface area contributed by atoms with Gasteiger partial charge < -0.3 is 19.1 Å². The van der Waals surface area contributed by atoms with Crippen molar-refractivity contribution in [2.75, 3.05) is 32.8 Å². The maximum atomic E-state index is 12.1. The Morgan fingerprint density at radius 3 is 2.64 bits per heavy atom. The Hall–Kier alpha value is -3.36. The lowest BCUT2D eigenvalue weighted by molar-refractivity contribution is -0.384. The molecule has 148 valence electrons. The van der Waals surface area contributed by atoms with Gasteiger partial charge in [0.05, 0.1) is 38.7 Å². The smallest absolute Gasteiger partial charge is 0.311 e. The van der Waals surface area contributed by atoms with E-state index in [0.717, 1.165) is 11.1 Å². The molecule has 9 nitrogen and oxygen atoms in total. The molecule has 0 radical (unpaired) electrons. The molecule has 0 saturated carbocycles. The number of ether oxygens (including phenoxy) is 3. The Balaban J connectivity index is 2.13. The third-order valence-electron chi connectivity index (χ3n) is 4.83.